The number of aromatic nitrogens is 35. The van der Waals surface area contributed by atoms with Gasteiger partial charge in [0.25, 0.3) is 0 Å². The molecule has 48 heteroatoms. The molecule has 19 rings (SSSR count). The van der Waals surface area contributed by atoms with E-state index in [1.54, 1.807) is 119 Å². The SMILES string of the molecule is c1c[nH]cn1.c1cc[nH]c1.c1ccoc1.c1ccsc1.c1cn[nH]c1.c1cnoc1.c1cnon1.c1cnsc1.c1cocn1.c1cscn1.c1nc[nH]n1.c1nc[nH]n1.c1ncon1.c1ncsn1.c1nn[nH]n1.c1nnco1.c1nncs1.c1nnon1.c1nnsn1. The molecule has 0 fully saturated rings. The first-order valence-corrected chi connectivity index (χ1v) is 29.8. The lowest BCUT2D eigenvalue weighted by atomic mass is 10.7. The Bertz CT molecular complexity index is 2280. The van der Waals surface area contributed by atoms with Gasteiger partial charge in [-0.15, -0.1) is 58.4 Å². The largest absolute Gasteiger partial charge is 0.473 e. The molecular formula is C47H53N35O7S6. The Morgan fingerprint density at radius 2 is 1.15 bits per heavy atom. The number of oxazole rings is 1. The van der Waals surface area contributed by atoms with E-state index in [1.807, 2.05) is 82.4 Å². The van der Waals surface area contributed by atoms with Crippen molar-refractivity contribution in [2.75, 3.05) is 0 Å². The van der Waals surface area contributed by atoms with Crippen molar-refractivity contribution in [1.29, 1.82) is 0 Å². The van der Waals surface area contributed by atoms with E-state index in [0.717, 1.165) is 11.7 Å². The Hall–Kier alpha value is -13.2. The number of aromatic amines is 6. The second kappa shape index (κ2) is 76.9. The quantitative estimate of drug-likeness (QED) is 0.0837. The molecule has 6 N–H and O–H groups in total. The van der Waals surface area contributed by atoms with Crippen molar-refractivity contribution in [2.45, 2.75) is 0 Å². The fraction of sp³-hybridized carbons (Fsp3) is 0. The van der Waals surface area contributed by atoms with Crippen LogP contribution in [0.25, 0.3) is 0 Å². The number of tetrazole rings is 1. The van der Waals surface area contributed by atoms with E-state index in [9.17, 15) is 0 Å². The molecule has 42 nitrogen and oxygen atoms in total. The summed E-state index contributed by atoms with van der Waals surface area (Å²) in [6, 6.07) is 17.1. The molecule has 0 bridgehead atoms. The Morgan fingerprint density at radius 3 is 1.34 bits per heavy atom. The molecule has 494 valence electrons. The number of hydrogen-bond donors (Lipinski definition) is 6. The van der Waals surface area contributed by atoms with Crippen molar-refractivity contribution in [3.05, 3.63) is 286 Å². The molecule has 0 aliphatic rings. The van der Waals surface area contributed by atoms with Gasteiger partial charge < -0.3 is 32.3 Å². The average molecular weight is 1410 g/mol. The van der Waals surface area contributed by atoms with Gasteiger partial charge in [-0.3, -0.25) is 20.3 Å². The topological polar surface area (TPSA) is 561 Å². The number of imidazole rings is 1. The number of hydrogen-bond acceptors (Lipinski definition) is 42. The second-order valence-corrected chi connectivity index (χ2v) is 16.6. The van der Waals surface area contributed by atoms with Crippen molar-refractivity contribution in [3.63, 3.8) is 0 Å². The van der Waals surface area contributed by atoms with E-state index in [0.29, 0.717) is 0 Å². The van der Waals surface area contributed by atoms with Gasteiger partial charge >= 0.3 is 0 Å². The zero-order valence-corrected chi connectivity index (χ0v) is 53.3. The fourth-order valence-electron chi connectivity index (χ4n) is 3.22. The smallest absolute Gasteiger partial charge is 0.213 e. The van der Waals surface area contributed by atoms with Gasteiger partial charge in [-0.1, -0.05) is 47.6 Å². The normalized spacial score (nSPS) is 8.00. The minimum absolute atomic E-state index is 1.10. The number of H-pyrrole nitrogens is 6. The molecule has 0 saturated carbocycles. The van der Waals surface area contributed by atoms with Crippen LogP contribution in [-0.4, -0.2) is 175 Å². The zero-order chi connectivity index (χ0) is 67.2. The molecule has 0 aromatic carbocycles. The van der Waals surface area contributed by atoms with Crippen LogP contribution in [0.1, 0.15) is 0 Å². The summed E-state index contributed by atoms with van der Waals surface area (Å²) in [6.45, 7) is 0. The third kappa shape index (κ3) is 75.0. The molecule has 19 heterocycles. The summed E-state index contributed by atoms with van der Waals surface area (Å²) in [6.07, 6.45) is 46.1. The fourth-order valence-corrected chi connectivity index (χ4v) is 5.13. The number of nitrogens with zero attached hydrogens (tertiary/aromatic N) is 29. The summed E-state index contributed by atoms with van der Waals surface area (Å²) < 4.78 is 44.4. The van der Waals surface area contributed by atoms with Crippen LogP contribution in [0.2, 0.25) is 0 Å². The number of nitrogens with one attached hydrogen (secondary N) is 6. The van der Waals surface area contributed by atoms with Gasteiger partial charge in [0.05, 0.1) is 66.2 Å². The lowest BCUT2D eigenvalue weighted by molar-refractivity contribution is 0.292. The molecule has 95 heavy (non-hydrogen) atoms. The molecule has 0 spiro atoms. The summed E-state index contributed by atoms with van der Waals surface area (Å²) in [5.74, 6) is 0. The Labute approximate surface area is 559 Å². The van der Waals surface area contributed by atoms with Crippen molar-refractivity contribution in [2.24, 2.45) is 0 Å². The molecule has 0 radical (unpaired) electrons. The molecule has 0 atom stereocenters. The van der Waals surface area contributed by atoms with Crippen molar-refractivity contribution in [1.82, 2.24) is 175 Å². The van der Waals surface area contributed by atoms with Gasteiger partial charge in [-0.05, 0) is 81.4 Å². The second-order valence-electron chi connectivity index (χ2n) is 12.5. The zero-order valence-electron chi connectivity index (χ0n) is 48.4. The average Bonchev–Trinajstić information content (AvgIpc) is 4.55. The van der Waals surface area contributed by atoms with Crippen LogP contribution in [0, 0.1) is 0 Å². The van der Waals surface area contributed by atoms with Gasteiger partial charge in [0.15, 0.2) is 31.7 Å². The Balaban J connectivity index is 0.000000501. The van der Waals surface area contributed by atoms with Gasteiger partial charge in [-0.25, -0.2) is 43.5 Å². The minimum atomic E-state index is 1.10. The van der Waals surface area contributed by atoms with Crippen molar-refractivity contribution >= 4 is 68.8 Å². The van der Waals surface area contributed by atoms with E-state index in [4.69, 9.17) is 0 Å². The van der Waals surface area contributed by atoms with Gasteiger partial charge in [-0.2, -0.15) is 40.6 Å². The molecule has 0 unspecified atom stereocenters. The Kier molecular flexibility index (Phi) is 64.6. The first-order valence-electron chi connectivity index (χ1n) is 24.6. The maximum Gasteiger partial charge on any atom is 0.213 e. The highest BCUT2D eigenvalue weighted by Gasteiger charge is 1.68. The molecule has 0 aliphatic carbocycles. The predicted octanol–water partition coefficient (Wildman–Crippen LogP) is 7.99. The number of furan rings is 1. The van der Waals surface area contributed by atoms with Crippen LogP contribution in [0.15, 0.2) is 318 Å². The predicted molar refractivity (Wildman–Crippen MR) is 338 cm³/mol. The summed E-state index contributed by atoms with van der Waals surface area (Å²) in [5, 5.41) is 77.6. The standard InChI is InChI=1S/C4H5N.C4H4O.C4H4S.2C3H4N2.2C3H3NO.2C3H3NS.2C2H3N3.3C2H2N2O.2C2H2N2S.CH2N4.CHN3O.CHN3S/c3*1-2-4-5-3-1;1-2-5-3-4-1;1-2-4-5-3-1;1-2-5-3-4-1;1-2-4-5-3-1;1-2-5-3-4-1;1-2-4-5-3-1;2*1-3-2-5-4-1;1-3-4-2-5-1;1-3-2-5-4-1;1-2-4-5-3-1;1-3-4-2-5-1;1-3-2-5-4-1;3*1-2-4-5-3-1/h1-5H;2*1-4H;2*1-3H,(H,4,5);4*1-3H;2*1-2H,(H,3,4,5);5*1-2H;1H,(H,2,3,4,5);2*1H. The van der Waals surface area contributed by atoms with Crippen molar-refractivity contribution in [3.8, 4) is 0 Å². The monoisotopic (exact) mass is 1410 g/mol. The van der Waals surface area contributed by atoms with Gasteiger partial charge in [0, 0.05) is 60.3 Å². The maximum absolute atomic E-state index is 4.58. The molecule has 0 aliphatic heterocycles. The maximum atomic E-state index is 4.58. The minimum Gasteiger partial charge on any atom is -0.473 e. The van der Waals surface area contributed by atoms with Gasteiger partial charge in [0.2, 0.25) is 19.2 Å². The highest BCUT2D eigenvalue weighted by Crippen LogP contribution is 1.92. The summed E-state index contributed by atoms with van der Waals surface area (Å²) >= 11 is 8.72. The van der Waals surface area contributed by atoms with Crippen molar-refractivity contribution < 1.29 is 31.6 Å². The van der Waals surface area contributed by atoms with E-state index >= 15 is 0 Å². The lowest BCUT2D eigenvalue weighted by Crippen LogP contribution is -1.64. The van der Waals surface area contributed by atoms with E-state index in [2.05, 4.69) is 207 Å². The summed E-state index contributed by atoms with van der Waals surface area (Å²) in [7, 11) is 0. The molecular weight excluding hydrogens is 1360 g/mol. The third-order valence-electron chi connectivity index (χ3n) is 6.35. The van der Waals surface area contributed by atoms with Gasteiger partial charge in [0.1, 0.15) is 60.7 Å². The molecule has 0 amide bonds. The van der Waals surface area contributed by atoms with Crippen LogP contribution in [-0.2, 0) is 0 Å². The van der Waals surface area contributed by atoms with Crippen LogP contribution >= 0.6 is 68.8 Å². The summed E-state index contributed by atoms with van der Waals surface area (Å²) in [4.78, 5) is 30.8. The van der Waals surface area contributed by atoms with E-state index < -0.39 is 0 Å². The van der Waals surface area contributed by atoms with Crippen LogP contribution < -0.4 is 0 Å². The number of thiophene rings is 1. The third-order valence-corrected chi connectivity index (χ3v) is 9.24. The first kappa shape index (κ1) is 79.8. The van der Waals surface area contributed by atoms with E-state index in [-0.39, 0.29) is 0 Å². The molecule has 19 aromatic rings. The highest BCUT2D eigenvalue weighted by atomic mass is 32.1. The lowest BCUT2D eigenvalue weighted by Gasteiger charge is -1.50. The van der Waals surface area contributed by atoms with Crippen LogP contribution in [0.4, 0.5) is 0 Å². The highest BCUT2D eigenvalue weighted by molar-refractivity contribution is 7.08. The van der Waals surface area contributed by atoms with Crippen LogP contribution in [0.3, 0.4) is 0 Å². The molecule has 19 aromatic heterocycles. The first-order chi connectivity index (χ1) is 47.5. The Morgan fingerprint density at radius 1 is 0.326 bits per heavy atom. The van der Waals surface area contributed by atoms with E-state index in [1.165, 1.54) is 142 Å². The number of thiazole rings is 1. The number of rotatable bonds is 0. The van der Waals surface area contributed by atoms with Crippen LogP contribution in [0.5, 0.6) is 0 Å². The molecule has 0 saturated heterocycles. The summed E-state index contributed by atoms with van der Waals surface area (Å²) in [5.41, 5.74) is 6.83.